The number of nitrogens with one attached hydrogen (secondary N) is 1. The Kier molecular flexibility index (Phi) is 8.95. The highest BCUT2D eigenvalue weighted by atomic mass is 19.4. The molecule has 0 radical (unpaired) electrons. The number of carboxylic acids is 1. The monoisotopic (exact) mass is 547 g/mol. The van der Waals surface area contributed by atoms with Gasteiger partial charge in [-0.3, -0.25) is 4.79 Å². The third-order valence-electron chi connectivity index (χ3n) is 7.88. The van der Waals surface area contributed by atoms with Crippen LogP contribution in [-0.4, -0.2) is 29.4 Å². The van der Waals surface area contributed by atoms with Gasteiger partial charge >= 0.3 is 18.3 Å². The van der Waals surface area contributed by atoms with Crippen LogP contribution in [0, 0.1) is 17.3 Å². The number of fused-ring (bicyclic) bond motifs is 1. The number of halogens is 6. The van der Waals surface area contributed by atoms with Gasteiger partial charge < -0.3 is 15.2 Å². The SMILES string of the molecule is CC.CC1(C)C(NCc2ccc3c(C(F)(F)F)c(OC4CCC(C(F)(F)F)CC4)ccc3c2)CC1C(=O)O. The number of aliphatic carboxylic acids is 1. The van der Waals surface area contributed by atoms with Crippen molar-refractivity contribution in [1.29, 1.82) is 0 Å². The maximum atomic E-state index is 14.1. The zero-order valence-corrected chi connectivity index (χ0v) is 22.0. The zero-order valence-electron chi connectivity index (χ0n) is 22.0. The number of alkyl halides is 6. The maximum absolute atomic E-state index is 14.1. The molecule has 0 bridgehead atoms. The van der Waals surface area contributed by atoms with Crippen LogP contribution < -0.4 is 10.1 Å². The second kappa shape index (κ2) is 11.3. The molecular weight excluding hydrogens is 512 g/mol. The van der Waals surface area contributed by atoms with Gasteiger partial charge in [0.15, 0.2) is 0 Å². The summed E-state index contributed by atoms with van der Waals surface area (Å²) in [6.45, 7) is 8.12. The van der Waals surface area contributed by atoms with E-state index < -0.39 is 47.2 Å². The van der Waals surface area contributed by atoms with Crippen LogP contribution in [0.2, 0.25) is 0 Å². The summed E-state index contributed by atoms with van der Waals surface area (Å²) in [4.78, 5) is 11.3. The van der Waals surface area contributed by atoms with E-state index in [0.717, 1.165) is 5.56 Å². The van der Waals surface area contributed by atoms with Gasteiger partial charge in [0, 0.05) is 12.6 Å². The Bertz CT molecular complexity index is 1120. The van der Waals surface area contributed by atoms with Crippen molar-refractivity contribution >= 4 is 16.7 Å². The van der Waals surface area contributed by atoms with Gasteiger partial charge in [0.2, 0.25) is 0 Å². The number of hydrogen-bond acceptors (Lipinski definition) is 3. The van der Waals surface area contributed by atoms with E-state index in [1.807, 2.05) is 27.7 Å². The van der Waals surface area contributed by atoms with E-state index >= 15 is 0 Å². The number of rotatable bonds is 6. The largest absolute Gasteiger partial charge is 0.490 e. The maximum Gasteiger partial charge on any atom is 0.420 e. The van der Waals surface area contributed by atoms with Crippen molar-refractivity contribution in [3.05, 3.63) is 41.5 Å². The summed E-state index contributed by atoms with van der Waals surface area (Å²) in [7, 11) is 0. The van der Waals surface area contributed by atoms with Gasteiger partial charge in [0.25, 0.3) is 0 Å². The lowest BCUT2D eigenvalue weighted by molar-refractivity contribution is -0.185. The Morgan fingerprint density at radius 1 is 1.03 bits per heavy atom. The molecule has 4 rings (SSSR count). The highest BCUT2D eigenvalue weighted by Crippen LogP contribution is 2.47. The minimum absolute atomic E-state index is 0.0248. The number of benzene rings is 2. The van der Waals surface area contributed by atoms with E-state index in [9.17, 15) is 36.2 Å². The van der Waals surface area contributed by atoms with E-state index in [0.29, 0.717) is 18.4 Å². The molecule has 0 spiro atoms. The van der Waals surface area contributed by atoms with Crippen molar-refractivity contribution in [3.8, 4) is 5.75 Å². The van der Waals surface area contributed by atoms with E-state index in [-0.39, 0.29) is 42.9 Å². The second-order valence-corrected chi connectivity index (χ2v) is 10.5. The first-order valence-corrected chi connectivity index (χ1v) is 13.0. The second-order valence-electron chi connectivity index (χ2n) is 10.5. The van der Waals surface area contributed by atoms with Crippen molar-refractivity contribution in [2.24, 2.45) is 17.3 Å². The molecule has 2 atom stereocenters. The van der Waals surface area contributed by atoms with Crippen LogP contribution in [0.15, 0.2) is 30.3 Å². The Morgan fingerprint density at radius 3 is 2.18 bits per heavy atom. The molecule has 2 aromatic carbocycles. The van der Waals surface area contributed by atoms with Gasteiger partial charge in [-0.05, 0) is 66.0 Å². The molecule has 4 nitrogen and oxygen atoms in total. The number of carboxylic acid groups (broad SMARTS) is 1. The van der Waals surface area contributed by atoms with Crippen molar-refractivity contribution in [3.63, 3.8) is 0 Å². The summed E-state index contributed by atoms with van der Waals surface area (Å²) in [5.74, 6) is -3.09. The number of ether oxygens (including phenoxy) is 1. The van der Waals surface area contributed by atoms with Crippen molar-refractivity contribution < 1.29 is 41.0 Å². The van der Waals surface area contributed by atoms with Crippen molar-refractivity contribution in [2.75, 3.05) is 0 Å². The molecule has 2 N–H and O–H groups in total. The summed E-state index contributed by atoms with van der Waals surface area (Å²) >= 11 is 0. The highest BCUT2D eigenvalue weighted by molar-refractivity contribution is 5.89. The molecule has 0 amide bonds. The average molecular weight is 548 g/mol. The lowest BCUT2D eigenvalue weighted by Gasteiger charge is -2.50. The van der Waals surface area contributed by atoms with Crippen LogP contribution in [0.5, 0.6) is 5.75 Å². The summed E-state index contributed by atoms with van der Waals surface area (Å²) in [5, 5.41) is 12.9. The van der Waals surface area contributed by atoms with E-state index in [1.54, 1.807) is 12.1 Å². The van der Waals surface area contributed by atoms with E-state index in [2.05, 4.69) is 5.32 Å². The Balaban J connectivity index is 0.00000195. The van der Waals surface area contributed by atoms with E-state index in [1.165, 1.54) is 18.2 Å². The fraction of sp³-hybridized carbons (Fsp3) is 0.607. The molecule has 2 unspecified atom stereocenters. The Labute approximate surface area is 218 Å². The molecule has 0 heterocycles. The topological polar surface area (TPSA) is 58.6 Å². The summed E-state index contributed by atoms with van der Waals surface area (Å²) in [6, 6.07) is 7.36. The lowest BCUT2D eigenvalue weighted by atomic mass is 9.58. The van der Waals surface area contributed by atoms with Crippen molar-refractivity contribution in [1.82, 2.24) is 5.32 Å². The molecule has 2 aliphatic carbocycles. The van der Waals surface area contributed by atoms with Gasteiger partial charge in [-0.15, -0.1) is 0 Å². The van der Waals surface area contributed by atoms with Crippen LogP contribution in [0.4, 0.5) is 26.3 Å². The first-order chi connectivity index (χ1) is 17.7. The standard InChI is InChI=1S/C26H29F6NO3.C2H6/c1-24(2)19(23(34)35)12-21(24)33-13-14-3-9-18-15(11-14)4-10-20(22(18)26(30,31)32)36-17-7-5-16(6-8-17)25(27,28)29;1-2/h3-4,9-11,16-17,19,21,33H,5-8,12-13H2,1-2H3,(H,34,35);1-2H3. The van der Waals surface area contributed by atoms with Crippen LogP contribution in [0.3, 0.4) is 0 Å². The molecule has 2 aliphatic rings. The normalized spacial score (nSPS) is 25.2. The third kappa shape index (κ3) is 6.38. The molecular formula is C28H35F6NO3. The molecule has 0 aliphatic heterocycles. The van der Waals surface area contributed by atoms with Gasteiger partial charge in [-0.2, -0.15) is 26.3 Å². The fourth-order valence-electron chi connectivity index (χ4n) is 5.48. The molecule has 2 fully saturated rings. The molecule has 2 aromatic rings. The molecule has 0 saturated heterocycles. The van der Waals surface area contributed by atoms with Crippen molar-refractivity contribution in [2.45, 2.75) is 90.8 Å². The summed E-state index contributed by atoms with van der Waals surface area (Å²) in [5.41, 5.74) is -0.608. The molecule has 0 aromatic heterocycles. The Morgan fingerprint density at radius 2 is 1.66 bits per heavy atom. The highest BCUT2D eigenvalue weighted by Gasteiger charge is 2.51. The smallest absolute Gasteiger partial charge is 0.420 e. The fourth-order valence-corrected chi connectivity index (χ4v) is 5.48. The summed E-state index contributed by atoms with van der Waals surface area (Å²) in [6.07, 6.45) is -9.46. The molecule has 10 heteroatoms. The van der Waals surface area contributed by atoms with Gasteiger partial charge in [0.1, 0.15) is 11.3 Å². The quantitative estimate of drug-likeness (QED) is 0.360. The predicted molar refractivity (Wildman–Crippen MR) is 133 cm³/mol. The van der Waals surface area contributed by atoms with Crippen LogP contribution in [0.1, 0.15) is 70.9 Å². The first-order valence-electron chi connectivity index (χ1n) is 13.0. The Hall–Kier alpha value is -2.49. The average Bonchev–Trinajstić information content (AvgIpc) is 2.83. The minimum Gasteiger partial charge on any atom is -0.490 e. The van der Waals surface area contributed by atoms with Gasteiger partial charge in [-0.25, -0.2) is 0 Å². The predicted octanol–water partition coefficient (Wildman–Crippen LogP) is 7.97. The third-order valence-corrected chi connectivity index (χ3v) is 7.88. The van der Waals surface area contributed by atoms with Gasteiger partial charge in [-0.1, -0.05) is 45.9 Å². The summed E-state index contributed by atoms with van der Waals surface area (Å²) < 4.78 is 86.5. The van der Waals surface area contributed by atoms with Crippen LogP contribution in [-0.2, 0) is 17.5 Å². The van der Waals surface area contributed by atoms with E-state index in [4.69, 9.17) is 4.74 Å². The number of carbonyl (C=O) groups is 1. The van der Waals surface area contributed by atoms with Crippen LogP contribution in [0.25, 0.3) is 10.8 Å². The molecule has 2 saturated carbocycles. The number of hydrogen-bond donors (Lipinski definition) is 2. The molecule has 212 valence electrons. The van der Waals surface area contributed by atoms with Crippen LogP contribution >= 0.6 is 0 Å². The molecule has 38 heavy (non-hydrogen) atoms. The first kappa shape index (κ1) is 30.1. The van der Waals surface area contributed by atoms with Gasteiger partial charge in [0.05, 0.1) is 17.9 Å². The lowest BCUT2D eigenvalue weighted by Crippen LogP contribution is -2.58. The minimum atomic E-state index is -4.71. The zero-order chi connectivity index (χ0) is 28.5.